The van der Waals surface area contributed by atoms with E-state index in [2.05, 4.69) is 89.1 Å². The molecule has 0 fully saturated rings. The number of rotatable bonds is 7. The fourth-order valence-electron chi connectivity index (χ4n) is 8.44. The lowest BCUT2D eigenvalue weighted by molar-refractivity contribution is 1.07. The highest BCUT2D eigenvalue weighted by Gasteiger charge is 2.26. The molecule has 0 aliphatic carbocycles. The normalized spacial score (nSPS) is 10.8. The van der Waals surface area contributed by atoms with Gasteiger partial charge in [-0.25, -0.2) is 19.8 Å². The topological polar surface area (TPSA) is 119 Å². The Labute approximate surface area is 369 Å². The van der Waals surface area contributed by atoms with Crippen LogP contribution in [-0.4, -0.2) is 19.5 Å². The monoisotopic (exact) mass is 816 g/mol. The molecule has 296 valence electrons. The van der Waals surface area contributed by atoms with Crippen molar-refractivity contribution in [1.82, 2.24) is 19.5 Å². The molecule has 0 saturated heterocycles. The van der Waals surface area contributed by atoms with Crippen molar-refractivity contribution < 1.29 is 0 Å². The van der Waals surface area contributed by atoms with E-state index in [0.717, 1.165) is 49.6 Å². The summed E-state index contributed by atoms with van der Waals surface area (Å²) in [5.41, 5.74) is 11.7. The van der Waals surface area contributed by atoms with Crippen LogP contribution in [0.25, 0.3) is 99.9 Å². The van der Waals surface area contributed by atoms with Crippen molar-refractivity contribution in [2.75, 3.05) is 0 Å². The lowest BCUT2D eigenvalue weighted by Crippen LogP contribution is -2.05. The van der Waals surface area contributed by atoms with E-state index in [-0.39, 0.29) is 0 Å². The molecule has 10 aromatic rings. The van der Waals surface area contributed by atoms with E-state index in [0.29, 0.717) is 73.4 Å². The Kier molecular flexibility index (Phi) is 9.79. The smallest absolute Gasteiger partial charge is 0.188 e. The lowest BCUT2D eigenvalue weighted by atomic mass is 9.88. The van der Waals surface area contributed by atoms with E-state index < -0.39 is 0 Å². The Morgan fingerprint density at radius 1 is 0.453 bits per heavy atom. The molecule has 0 spiro atoms. The van der Waals surface area contributed by atoms with E-state index in [1.165, 1.54) is 0 Å². The number of nitriles is 3. The zero-order chi connectivity index (χ0) is 43.7. The van der Waals surface area contributed by atoms with Crippen LogP contribution < -0.4 is 0 Å². The predicted molar refractivity (Wildman–Crippen MR) is 252 cm³/mol. The average Bonchev–Trinajstić information content (AvgIpc) is 3.69. The van der Waals surface area contributed by atoms with E-state index in [4.69, 9.17) is 21.5 Å². The molecule has 0 amide bonds. The first kappa shape index (κ1) is 38.7. The van der Waals surface area contributed by atoms with Gasteiger partial charge in [-0.15, -0.1) is 0 Å². The first-order valence-corrected chi connectivity index (χ1v) is 20.5. The van der Waals surface area contributed by atoms with Gasteiger partial charge in [-0.3, -0.25) is 0 Å². The van der Waals surface area contributed by atoms with Crippen LogP contribution in [0.5, 0.6) is 0 Å². The largest absolute Gasteiger partial charge is 0.308 e. The van der Waals surface area contributed by atoms with Crippen molar-refractivity contribution in [2.24, 2.45) is 0 Å². The molecule has 64 heavy (non-hydrogen) atoms. The molecule has 2 aromatic heterocycles. The Balaban J connectivity index is 1.37. The number of aromatic nitrogens is 4. The third-order valence-electron chi connectivity index (χ3n) is 11.4. The average molecular weight is 817 g/mol. The van der Waals surface area contributed by atoms with Crippen molar-refractivity contribution in [1.29, 1.82) is 15.8 Å². The van der Waals surface area contributed by atoms with E-state index in [1.807, 2.05) is 91.0 Å². The minimum absolute atomic E-state index is 0.292. The zero-order valence-electron chi connectivity index (χ0n) is 34.3. The summed E-state index contributed by atoms with van der Waals surface area (Å²) < 4.78 is 2.20. The summed E-state index contributed by atoms with van der Waals surface area (Å²) in [6, 6.07) is 63.7. The highest BCUT2D eigenvalue weighted by atomic mass is 15.0. The van der Waals surface area contributed by atoms with Crippen LogP contribution >= 0.6 is 0 Å². The van der Waals surface area contributed by atoms with Gasteiger partial charge < -0.3 is 4.57 Å². The van der Waals surface area contributed by atoms with E-state index in [9.17, 15) is 15.8 Å². The molecule has 0 aliphatic rings. The molecule has 2 heterocycles. The standard InChI is InChI=1S/C56H32N8/c1-35-12-11-17-39(26-35)40-21-25-52-48(29-40)47-18-9-10-19-51(47)64(52)53-49(45-23-20-36(32-57)27-42(45)33-58)30-41(31-50(53)46-24-22-44(60-2)28-43(46)34-59)56-62-54(37-13-5-3-6-14-37)61-55(63-56)38-15-7-4-8-16-38/h3-31H,1H3. The first-order chi connectivity index (χ1) is 31.4. The second-order valence-electron chi connectivity index (χ2n) is 15.3. The Morgan fingerprint density at radius 3 is 1.64 bits per heavy atom. The molecule has 0 saturated carbocycles. The molecule has 0 unspecified atom stereocenters. The minimum atomic E-state index is 0.292. The summed E-state index contributed by atoms with van der Waals surface area (Å²) in [5, 5.41) is 33.6. The zero-order valence-corrected chi connectivity index (χ0v) is 34.3. The van der Waals surface area contributed by atoms with Gasteiger partial charge in [-0.1, -0.05) is 133 Å². The maximum absolute atomic E-state index is 10.8. The van der Waals surface area contributed by atoms with Crippen LogP contribution in [0.15, 0.2) is 176 Å². The fraction of sp³-hybridized carbons (Fsp3) is 0.0179. The number of aryl methyl sites for hydroxylation is 1. The predicted octanol–water partition coefficient (Wildman–Crippen LogP) is 13.4. The second kappa shape index (κ2) is 16.2. The third kappa shape index (κ3) is 6.87. The summed E-state index contributed by atoms with van der Waals surface area (Å²) in [5.74, 6) is 1.31. The number of nitrogens with zero attached hydrogens (tertiary/aromatic N) is 8. The molecule has 0 atom stereocenters. The van der Waals surface area contributed by atoms with Crippen LogP contribution in [0.2, 0.25) is 0 Å². The van der Waals surface area contributed by atoms with Crippen molar-refractivity contribution in [2.45, 2.75) is 6.92 Å². The first-order valence-electron chi connectivity index (χ1n) is 20.5. The van der Waals surface area contributed by atoms with Crippen molar-refractivity contribution in [3.63, 3.8) is 0 Å². The lowest BCUT2D eigenvalue weighted by Gasteiger charge is -2.22. The van der Waals surface area contributed by atoms with E-state index >= 15 is 0 Å². The van der Waals surface area contributed by atoms with Gasteiger partial charge >= 0.3 is 0 Å². The Bertz CT molecular complexity index is 3520. The molecule has 8 aromatic carbocycles. The molecule has 0 bridgehead atoms. The maximum atomic E-state index is 10.8. The van der Waals surface area contributed by atoms with Crippen molar-refractivity contribution in [3.8, 4) is 91.4 Å². The second-order valence-corrected chi connectivity index (χ2v) is 15.3. The Morgan fingerprint density at radius 2 is 1.02 bits per heavy atom. The highest BCUT2D eigenvalue weighted by Crippen LogP contribution is 2.46. The molecule has 8 nitrogen and oxygen atoms in total. The van der Waals surface area contributed by atoms with Crippen LogP contribution in [-0.2, 0) is 0 Å². The van der Waals surface area contributed by atoms with Gasteiger partial charge in [0.15, 0.2) is 23.2 Å². The molecule has 0 N–H and O–H groups in total. The molecule has 0 aliphatic heterocycles. The summed E-state index contributed by atoms with van der Waals surface area (Å²) >= 11 is 0. The molecule has 10 rings (SSSR count). The van der Waals surface area contributed by atoms with Crippen molar-refractivity contribution in [3.05, 3.63) is 210 Å². The van der Waals surface area contributed by atoms with Crippen LogP contribution in [0.1, 0.15) is 22.3 Å². The molecular formula is C56H32N8. The van der Waals surface area contributed by atoms with Crippen LogP contribution in [0, 0.1) is 47.5 Å². The number of benzene rings is 8. The molecule has 0 radical (unpaired) electrons. The van der Waals surface area contributed by atoms with Crippen molar-refractivity contribution >= 4 is 27.5 Å². The number of fused-ring (bicyclic) bond motifs is 3. The van der Waals surface area contributed by atoms with E-state index in [1.54, 1.807) is 30.3 Å². The van der Waals surface area contributed by atoms with Gasteiger partial charge in [0.05, 0.1) is 52.6 Å². The van der Waals surface area contributed by atoms with Gasteiger partial charge in [0.25, 0.3) is 0 Å². The minimum Gasteiger partial charge on any atom is -0.308 e. The summed E-state index contributed by atoms with van der Waals surface area (Å²) in [7, 11) is 0. The fourth-order valence-corrected chi connectivity index (χ4v) is 8.44. The van der Waals surface area contributed by atoms with Gasteiger partial charge in [0.2, 0.25) is 0 Å². The summed E-state index contributed by atoms with van der Waals surface area (Å²) in [6.07, 6.45) is 0. The number of hydrogen-bond donors (Lipinski definition) is 0. The van der Waals surface area contributed by atoms with Gasteiger partial charge in [-0.2, -0.15) is 15.8 Å². The molecular weight excluding hydrogens is 785 g/mol. The third-order valence-corrected chi connectivity index (χ3v) is 11.4. The molecule has 8 heteroatoms. The van der Waals surface area contributed by atoms with Gasteiger partial charge in [0, 0.05) is 49.7 Å². The Hall–Kier alpha value is -9.47. The van der Waals surface area contributed by atoms with Crippen LogP contribution in [0.4, 0.5) is 5.69 Å². The van der Waals surface area contributed by atoms with Gasteiger partial charge in [-0.05, 0) is 72.1 Å². The highest BCUT2D eigenvalue weighted by molar-refractivity contribution is 6.12. The quantitative estimate of drug-likeness (QED) is 0.148. The van der Waals surface area contributed by atoms with Gasteiger partial charge in [0.1, 0.15) is 0 Å². The number of hydrogen-bond acceptors (Lipinski definition) is 6. The SMILES string of the molecule is [C-]#[N+]c1ccc(-c2cc(-c3nc(-c4ccccc4)nc(-c4ccccc4)n3)cc(-c3ccc(C#N)cc3C#N)c2-n2c3ccccc3c3cc(-c4cccc(C)c4)ccc32)c(C#N)c1. The maximum Gasteiger partial charge on any atom is 0.188 e. The van der Waals surface area contributed by atoms with Crippen LogP contribution in [0.3, 0.4) is 0 Å². The number of para-hydroxylation sites is 1. The summed E-state index contributed by atoms with van der Waals surface area (Å²) in [4.78, 5) is 18.8. The summed E-state index contributed by atoms with van der Waals surface area (Å²) in [6.45, 7) is 9.89.